The van der Waals surface area contributed by atoms with Crippen LogP contribution in [0.5, 0.6) is 0 Å². The molecule has 1 aromatic rings. The van der Waals surface area contributed by atoms with E-state index in [2.05, 4.69) is 11.9 Å². The van der Waals surface area contributed by atoms with Crippen LogP contribution in [0.1, 0.15) is 24.0 Å². The molecule has 1 aliphatic carbocycles. The number of rotatable bonds is 7. The summed E-state index contributed by atoms with van der Waals surface area (Å²) in [6.45, 7) is 3.85. The molecule has 2 N–H and O–H groups in total. The average molecular weight is 303 g/mol. The summed E-state index contributed by atoms with van der Waals surface area (Å²) in [4.78, 5) is 23.2. The largest absolute Gasteiger partial charge is 0.480 e. The molecule has 0 fully saturated rings. The molecule has 2 rings (SSSR count). The number of alkyl carbamates (subject to hydrolysis) is 1. The highest BCUT2D eigenvalue weighted by atomic mass is 16.5. The molecule has 5 nitrogen and oxygen atoms in total. The molecule has 1 atom stereocenters. The summed E-state index contributed by atoms with van der Waals surface area (Å²) >= 11 is 0. The molecule has 22 heavy (non-hydrogen) atoms. The van der Waals surface area contributed by atoms with Gasteiger partial charge in [0.1, 0.15) is 6.04 Å². The molecule has 0 spiro atoms. The van der Waals surface area contributed by atoms with Gasteiger partial charge in [0.05, 0.1) is 6.61 Å². The first-order valence-corrected chi connectivity index (χ1v) is 7.45. The van der Waals surface area contributed by atoms with Crippen molar-refractivity contribution in [2.24, 2.45) is 5.92 Å². The fourth-order valence-electron chi connectivity index (χ4n) is 2.77. The Morgan fingerprint density at radius 3 is 2.55 bits per heavy atom. The molecule has 1 aliphatic rings. The third-order valence-electron chi connectivity index (χ3n) is 3.88. The Hall–Kier alpha value is -2.30. The number of benzene rings is 1. The molecular weight excluding hydrogens is 282 g/mol. The number of nitrogens with one attached hydrogen (secondary N) is 1. The predicted octanol–water partition coefficient (Wildman–Crippen LogP) is 2.55. The Bertz CT molecular complexity index is 530. The van der Waals surface area contributed by atoms with E-state index in [1.165, 1.54) is 0 Å². The van der Waals surface area contributed by atoms with E-state index in [0.29, 0.717) is 19.3 Å². The molecule has 0 aliphatic heterocycles. The molecule has 1 unspecified atom stereocenters. The first-order chi connectivity index (χ1) is 10.6. The molecular formula is C17H21NO4. The summed E-state index contributed by atoms with van der Waals surface area (Å²) in [6, 6.07) is 6.96. The fourth-order valence-corrected chi connectivity index (χ4v) is 2.77. The molecule has 0 heterocycles. The Labute approximate surface area is 130 Å². The number of unbranched alkanes of at least 4 members (excludes halogenated alkanes) is 1. The number of aliphatic carboxylic acids is 1. The number of hydrogen-bond donors (Lipinski definition) is 2. The van der Waals surface area contributed by atoms with Crippen LogP contribution in [-0.2, 0) is 22.4 Å². The van der Waals surface area contributed by atoms with Gasteiger partial charge in [0.2, 0.25) is 0 Å². The third kappa shape index (κ3) is 4.10. The normalized spacial score (nSPS) is 14.9. The summed E-state index contributed by atoms with van der Waals surface area (Å²) in [5, 5.41) is 11.9. The highest BCUT2D eigenvalue weighted by Crippen LogP contribution is 2.28. The number of amides is 1. The van der Waals surface area contributed by atoms with Crippen LogP contribution in [0.4, 0.5) is 4.79 Å². The number of carbonyl (C=O) groups excluding carboxylic acids is 1. The number of hydrogen-bond acceptors (Lipinski definition) is 3. The zero-order valence-electron chi connectivity index (χ0n) is 12.5. The summed E-state index contributed by atoms with van der Waals surface area (Å²) < 4.78 is 5.00. The molecule has 0 saturated heterocycles. The van der Waals surface area contributed by atoms with E-state index >= 15 is 0 Å². The molecule has 0 saturated carbocycles. The summed E-state index contributed by atoms with van der Waals surface area (Å²) in [7, 11) is 0. The van der Waals surface area contributed by atoms with Gasteiger partial charge < -0.3 is 15.2 Å². The van der Waals surface area contributed by atoms with Gasteiger partial charge in [-0.2, -0.15) is 0 Å². The predicted molar refractivity (Wildman–Crippen MR) is 82.7 cm³/mol. The first-order valence-electron chi connectivity index (χ1n) is 7.45. The quantitative estimate of drug-likeness (QED) is 0.599. The molecule has 118 valence electrons. The lowest BCUT2D eigenvalue weighted by atomic mass is 9.97. The second kappa shape index (κ2) is 7.64. The molecule has 0 radical (unpaired) electrons. The SMILES string of the molecule is C=CCCCOC(=O)NC(C(=O)O)C1Cc2ccccc2C1. The van der Waals surface area contributed by atoms with Crippen LogP contribution in [0.25, 0.3) is 0 Å². The van der Waals surface area contributed by atoms with Crippen molar-refractivity contribution in [3.8, 4) is 0 Å². The zero-order valence-corrected chi connectivity index (χ0v) is 12.5. The smallest absolute Gasteiger partial charge is 0.407 e. The Balaban J connectivity index is 1.90. The van der Waals surface area contributed by atoms with Crippen molar-refractivity contribution in [2.45, 2.75) is 31.7 Å². The summed E-state index contributed by atoms with van der Waals surface area (Å²) in [5.74, 6) is -1.17. The summed E-state index contributed by atoms with van der Waals surface area (Å²) in [5.41, 5.74) is 2.31. The van der Waals surface area contributed by atoms with Gasteiger partial charge >= 0.3 is 12.1 Å². The van der Waals surface area contributed by atoms with Crippen molar-refractivity contribution in [3.63, 3.8) is 0 Å². The highest BCUT2D eigenvalue weighted by molar-refractivity contribution is 5.80. The van der Waals surface area contributed by atoms with Crippen LogP contribution in [0, 0.1) is 5.92 Å². The second-order valence-corrected chi connectivity index (χ2v) is 5.46. The van der Waals surface area contributed by atoms with Crippen LogP contribution < -0.4 is 5.32 Å². The van der Waals surface area contributed by atoms with Crippen molar-refractivity contribution < 1.29 is 19.4 Å². The minimum Gasteiger partial charge on any atom is -0.480 e. The Morgan fingerprint density at radius 1 is 1.36 bits per heavy atom. The van der Waals surface area contributed by atoms with Crippen molar-refractivity contribution >= 4 is 12.1 Å². The highest BCUT2D eigenvalue weighted by Gasteiger charge is 2.34. The van der Waals surface area contributed by atoms with E-state index in [0.717, 1.165) is 17.5 Å². The minimum absolute atomic E-state index is 0.143. The van der Waals surface area contributed by atoms with Gasteiger partial charge in [0.25, 0.3) is 0 Å². The standard InChI is InChI=1S/C17H21NO4/c1-2-3-6-9-22-17(21)18-15(16(19)20)14-10-12-7-4-5-8-13(12)11-14/h2,4-5,7-8,14-15H,1,3,6,9-11H2,(H,18,21)(H,19,20). The number of ether oxygens (including phenoxy) is 1. The van der Waals surface area contributed by atoms with E-state index in [4.69, 9.17) is 4.74 Å². The van der Waals surface area contributed by atoms with Crippen LogP contribution in [-0.4, -0.2) is 29.8 Å². The van der Waals surface area contributed by atoms with E-state index in [1.807, 2.05) is 24.3 Å². The van der Waals surface area contributed by atoms with E-state index in [1.54, 1.807) is 6.08 Å². The van der Waals surface area contributed by atoms with Crippen molar-refractivity contribution in [2.75, 3.05) is 6.61 Å². The lowest BCUT2D eigenvalue weighted by Gasteiger charge is -2.20. The van der Waals surface area contributed by atoms with Gasteiger partial charge in [-0.25, -0.2) is 9.59 Å². The average Bonchev–Trinajstić information content (AvgIpc) is 2.92. The Morgan fingerprint density at radius 2 is 2.00 bits per heavy atom. The zero-order chi connectivity index (χ0) is 15.9. The minimum atomic E-state index is -1.03. The van der Waals surface area contributed by atoms with Crippen molar-refractivity contribution in [3.05, 3.63) is 48.0 Å². The van der Waals surface area contributed by atoms with Crippen molar-refractivity contribution in [1.82, 2.24) is 5.32 Å². The maximum absolute atomic E-state index is 11.7. The molecule has 0 aromatic heterocycles. The third-order valence-corrected chi connectivity index (χ3v) is 3.88. The van der Waals surface area contributed by atoms with Gasteiger partial charge in [0, 0.05) is 0 Å². The fraction of sp³-hybridized carbons (Fsp3) is 0.412. The lowest BCUT2D eigenvalue weighted by Crippen LogP contribution is -2.46. The van der Waals surface area contributed by atoms with E-state index < -0.39 is 18.1 Å². The van der Waals surface area contributed by atoms with Crippen LogP contribution >= 0.6 is 0 Å². The number of carboxylic acids is 1. The second-order valence-electron chi connectivity index (χ2n) is 5.46. The van der Waals surface area contributed by atoms with Crippen molar-refractivity contribution in [1.29, 1.82) is 0 Å². The Kier molecular flexibility index (Phi) is 5.58. The molecule has 5 heteroatoms. The van der Waals surface area contributed by atoms with Gasteiger partial charge in [-0.1, -0.05) is 30.3 Å². The lowest BCUT2D eigenvalue weighted by molar-refractivity contribution is -0.140. The topological polar surface area (TPSA) is 75.6 Å². The van der Waals surface area contributed by atoms with Crippen LogP contribution in [0.3, 0.4) is 0 Å². The van der Waals surface area contributed by atoms with Gasteiger partial charge in [-0.3, -0.25) is 0 Å². The van der Waals surface area contributed by atoms with Gasteiger partial charge in [-0.05, 0) is 42.7 Å². The van der Waals surface area contributed by atoms with Gasteiger partial charge in [-0.15, -0.1) is 6.58 Å². The number of fused-ring (bicyclic) bond motifs is 1. The summed E-state index contributed by atoms with van der Waals surface area (Å²) in [6.07, 6.45) is 3.83. The number of allylic oxidation sites excluding steroid dienone is 1. The number of carbonyl (C=O) groups is 2. The molecule has 1 amide bonds. The van der Waals surface area contributed by atoms with E-state index in [-0.39, 0.29) is 12.5 Å². The van der Waals surface area contributed by atoms with Crippen LogP contribution in [0.2, 0.25) is 0 Å². The molecule has 0 bridgehead atoms. The van der Waals surface area contributed by atoms with E-state index in [9.17, 15) is 14.7 Å². The first kappa shape index (κ1) is 16.1. The monoisotopic (exact) mass is 303 g/mol. The van der Waals surface area contributed by atoms with Crippen LogP contribution in [0.15, 0.2) is 36.9 Å². The maximum Gasteiger partial charge on any atom is 0.407 e. The maximum atomic E-state index is 11.7. The van der Waals surface area contributed by atoms with Gasteiger partial charge in [0.15, 0.2) is 0 Å². The number of carboxylic acid groups (broad SMARTS) is 1. The molecule has 1 aromatic carbocycles.